The highest BCUT2D eigenvalue weighted by molar-refractivity contribution is 7.89. The molecule has 0 radical (unpaired) electrons. The fourth-order valence-electron chi connectivity index (χ4n) is 2.86. The molecule has 0 spiro atoms. The van der Waals surface area contributed by atoms with Crippen LogP contribution in [0.3, 0.4) is 0 Å². The SMILES string of the molecule is Cc1cccc(N)c1S(=O)(=O)NCCC1CCN(C)CC1. The highest BCUT2D eigenvalue weighted by Crippen LogP contribution is 2.23. The van der Waals surface area contributed by atoms with E-state index in [1.165, 1.54) is 0 Å². The fourth-order valence-corrected chi connectivity index (χ4v) is 4.26. The first-order valence-corrected chi connectivity index (χ1v) is 8.92. The van der Waals surface area contributed by atoms with Crippen LogP contribution < -0.4 is 10.5 Å². The molecule has 1 aliphatic heterocycles. The van der Waals surface area contributed by atoms with E-state index in [1.54, 1.807) is 25.1 Å². The zero-order chi connectivity index (χ0) is 15.5. The zero-order valence-corrected chi connectivity index (χ0v) is 13.6. The van der Waals surface area contributed by atoms with Crippen molar-refractivity contribution in [3.63, 3.8) is 0 Å². The van der Waals surface area contributed by atoms with Crippen LogP contribution in [0.15, 0.2) is 23.1 Å². The van der Waals surface area contributed by atoms with E-state index in [0.717, 1.165) is 32.4 Å². The summed E-state index contributed by atoms with van der Waals surface area (Å²) in [5.74, 6) is 0.609. The first-order valence-electron chi connectivity index (χ1n) is 7.43. The number of aryl methyl sites for hydroxylation is 1. The second-order valence-electron chi connectivity index (χ2n) is 5.93. The average molecular weight is 311 g/mol. The van der Waals surface area contributed by atoms with Gasteiger partial charge in [-0.3, -0.25) is 0 Å². The van der Waals surface area contributed by atoms with E-state index in [4.69, 9.17) is 5.73 Å². The van der Waals surface area contributed by atoms with Crippen LogP contribution in [0, 0.1) is 12.8 Å². The molecule has 0 aliphatic carbocycles. The summed E-state index contributed by atoms with van der Waals surface area (Å²) in [5, 5.41) is 0. The summed E-state index contributed by atoms with van der Waals surface area (Å²) in [7, 11) is -1.39. The smallest absolute Gasteiger partial charge is 0.242 e. The maximum atomic E-state index is 12.4. The van der Waals surface area contributed by atoms with Gasteiger partial charge in [0.2, 0.25) is 10.0 Å². The van der Waals surface area contributed by atoms with Gasteiger partial charge in [-0.2, -0.15) is 0 Å². The number of nitrogens with two attached hydrogens (primary N) is 1. The topological polar surface area (TPSA) is 75.4 Å². The van der Waals surface area contributed by atoms with Crippen LogP contribution in [-0.2, 0) is 10.0 Å². The Bertz CT molecular complexity index is 558. The summed E-state index contributed by atoms with van der Waals surface area (Å²) in [5.41, 5.74) is 6.80. The Kier molecular flexibility index (Phi) is 5.24. The van der Waals surface area contributed by atoms with Crippen molar-refractivity contribution in [1.82, 2.24) is 9.62 Å². The standard InChI is InChI=1S/C15H25N3O2S/c1-12-4-3-5-14(16)15(12)21(19,20)17-9-6-13-7-10-18(2)11-8-13/h3-5,13,17H,6-11,16H2,1-2H3. The van der Waals surface area contributed by atoms with Crippen molar-refractivity contribution in [1.29, 1.82) is 0 Å². The molecule has 6 heteroatoms. The van der Waals surface area contributed by atoms with Crippen molar-refractivity contribution in [3.8, 4) is 0 Å². The summed E-state index contributed by atoms with van der Waals surface area (Å²) >= 11 is 0. The molecule has 0 bridgehead atoms. The largest absolute Gasteiger partial charge is 0.398 e. The van der Waals surface area contributed by atoms with E-state index in [1.807, 2.05) is 0 Å². The van der Waals surface area contributed by atoms with Gasteiger partial charge in [0.25, 0.3) is 0 Å². The number of piperidine rings is 1. The highest BCUT2D eigenvalue weighted by atomic mass is 32.2. The van der Waals surface area contributed by atoms with Crippen LogP contribution in [0.1, 0.15) is 24.8 Å². The second-order valence-corrected chi connectivity index (χ2v) is 7.63. The molecule has 1 saturated heterocycles. The first kappa shape index (κ1) is 16.3. The molecule has 21 heavy (non-hydrogen) atoms. The zero-order valence-electron chi connectivity index (χ0n) is 12.8. The Balaban J connectivity index is 1.93. The lowest BCUT2D eigenvalue weighted by Crippen LogP contribution is -2.33. The number of nitrogens with zero attached hydrogens (tertiary/aromatic N) is 1. The molecule has 1 aromatic rings. The molecule has 1 fully saturated rings. The van der Waals surface area contributed by atoms with E-state index in [2.05, 4.69) is 16.7 Å². The minimum atomic E-state index is -3.52. The van der Waals surface area contributed by atoms with Crippen molar-refractivity contribution < 1.29 is 8.42 Å². The molecular weight excluding hydrogens is 286 g/mol. The third-order valence-corrected chi connectivity index (χ3v) is 5.87. The number of nitrogens with one attached hydrogen (secondary N) is 1. The quantitative estimate of drug-likeness (QED) is 0.810. The molecule has 0 saturated carbocycles. The van der Waals surface area contributed by atoms with Crippen LogP contribution in [0.25, 0.3) is 0 Å². The van der Waals surface area contributed by atoms with Crippen molar-refractivity contribution >= 4 is 15.7 Å². The van der Waals surface area contributed by atoms with Crippen LogP contribution in [0.5, 0.6) is 0 Å². The fraction of sp³-hybridized carbons (Fsp3) is 0.600. The molecule has 2 rings (SSSR count). The Morgan fingerprint density at radius 2 is 2.00 bits per heavy atom. The van der Waals surface area contributed by atoms with Crippen LogP contribution >= 0.6 is 0 Å². The van der Waals surface area contributed by atoms with Gasteiger partial charge in [0.05, 0.1) is 5.69 Å². The number of nitrogen functional groups attached to an aromatic ring is 1. The molecule has 0 amide bonds. The number of hydrogen-bond donors (Lipinski definition) is 2. The van der Waals surface area contributed by atoms with Crippen LogP contribution in [0.2, 0.25) is 0 Å². The highest BCUT2D eigenvalue weighted by Gasteiger charge is 2.21. The lowest BCUT2D eigenvalue weighted by atomic mass is 9.94. The maximum absolute atomic E-state index is 12.4. The van der Waals surface area contributed by atoms with Gasteiger partial charge in [-0.25, -0.2) is 13.1 Å². The molecule has 118 valence electrons. The molecule has 5 nitrogen and oxygen atoms in total. The van der Waals surface area contributed by atoms with Gasteiger partial charge in [-0.15, -0.1) is 0 Å². The van der Waals surface area contributed by atoms with Crippen molar-refractivity contribution in [2.75, 3.05) is 32.4 Å². The molecule has 1 heterocycles. The van der Waals surface area contributed by atoms with Gasteiger partial charge < -0.3 is 10.6 Å². The summed E-state index contributed by atoms with van der Waals surface area (Å²) in [6.45, 7) is 4.44. The molecule has 0 unspecified atom stereocenters. The molecular formula is C15H25N3O2S. The van der Waals surface area contributed by atoms with E-state index in [0.29, 0.717) is 23.7 Å². The molecule has 1 aliphatic rings. The molecule has 3 N–H and O–H groups in total. The van der Waals surface area contributed by atoms with Gasteiger partial charge in [0.1, 0.15) is 4.90 Å². The first-order chi connectivity index (χ1) is 9.90. The summed E-state index contributed by atoms with van der Waals surface area (Å²) < 4.78 is 27.4. The predicted octanol–water partition coefficient (Wildman–Crippen LogP) is 1.59. The summed E-state index contributed by atoms with van der Waals surface area (Å²) in [4.78, 5) is 2.53. The minimum absolute atomic E-state index is 0.216. The number of hydrogen-bond acceptors (Lipinski definition) is 4. The van der Waals surface area contributed by atoms with Crippen molar-refractivity contribution in [2.24, 2.45) is 5.92 Å². The minimum Gasteiger partial charge on any atom is -0.398 e. The number of sulfonamides is 1. The lowest BCUT2D eigenvalue weighted by molar-refractivity contribution is 0.213. The Morgan fingerprint density at radius 3 is 2.62 bits per heavy atom. The number of anilines is 1. The van der Waals surface area contributed by atoms with E-state index >= 15 is 0 Å². The van der Waals surface area contributed by atoms with Gasteiger partial charge in [0, 0.05) is 6.54 Å². The summed E-state index contributed by atoms with van der Waals surface area (Å²) in [6.07, 6.45) is 3.17. The van der Waals surface area contributed by atoms with Crippen LogP contribution in [0.4, 0.5) is 5.69 Å². The Labute approximate surface area is 127 Å². The molecule has 0 atom stereocenters. The van der Waals surface area contributed by atoms with Gasteiger partial charge in [-0.1, -0.05) is 12.1 Å². The van der Waals surface area contributed by atoms with Crippen molar-refractivity contribution in [2.45, 2.75) is 31.1 Å². The Hall–Kier alpha value is -1.11. The summed E-state index contributed by atoms with van der Waals surface area (Å²) in [6, 6.07) is 5.16. The Morgan fingerprint density at radius 1 is 1.33 bits per heavy atom. The lowest BCUT2D eigenvalue weighted by Gasteiger charge is -2.28. The molecule has 1 aromatic carbocycles. The maximum Gasteiger partial charge on any atom is 0.242 e. The average Bonchev–Trinajstić information content (AvgIpc) is 2.40. The second kappa shape index (κ2) is 6.77. The van der Waals surface area contributed by atoms with Gasteiger partial charge in [0.15, 0.2) is 0 Å². The number of likely N-dealkylation sites (tertiary alicyclic amines) is 1. The third kappa shape index (κ3) is 4.18. The third-order valence-electron chi connectivity index (χ3n) is 4.19. The van der Waals surface area contributed by atoms with E-state index in [-0.39, 0.29) is 4.90 Å². The number of benzene rings is 1. The number of rotatable bonds is 5. The van der Waals surface area contributed by atoms with E-state index in [9.17, 15) is 8.42 Å². The molecule has 0 aromatic heterocycles. The normalized spacial score (nSPS) is 18.0. The monoisotopic (exact) mass is 311 g/mol. The van der Waals surface area contributed by atoms with Crippen molar-refractivity contribution in [3.05, 3.63) is 23.8 Å². The predicted molar refractivity (Wildman–Crippen MR) is 85.6 cm³/mol. The van der Waals surface area contributed by atoms with E-state index < -0.39 is 10.0 Å². The van der Waals surface area contributed by atoms with Crippen LogP contribution in [-0.4, -0.2) is 40.0 Å². The van der Waals surface area contributed by atoms with Gasteiger partial charge in [-0.05, 0) is 63.9 Å². The van der Waals surface area contributed by atoms with Gasteiger partial charge >= 0.3 is 0 Å².